The summed E-state index contributed by atoms with van der Waals surface area (Å²) in [6.07, 6.45) is 9.12. The highest BCUT2D eigenvalue weighted by Crippen LogP contribution is 2.21. The van der Waals surface area contributed by atoms with Gasteiger partial charge in [0.05, 0.1) is 0 Å². The molecule has 0 aromatic carbocycles. The molecule has 0 bridgehead atoms. The average Bonchev–Trinajstić information content (AvgIpc) is 2.19. The van der Waals surface area contributed by atoms with Crippen molar-refractivity contribution in [3.8, 4) is 0 Å². The Labute approximate surface area is 52.1 Å². The number of allylic oxidation sites excluding steroid dienone is 1. The summed E-state index contributed by atoms with van der Waals surface area (Å²) in [5.74, 6) is 0. The first-order chi connectivity index (χ1) is 3.93. The molecule has 0 atom stereocenters. The van der Waals surface area contributed by atoms with Gasteiger partial charge in [-0.3, -0.25) is 0 Å². The summed E-state index contributed by atoms with van der Waals surface area (Å²) in [5.41, 5.74) is 0. The van der Waals surface area contributed by atoms with E-state index < -0.39 is 0 Å². The molecule has 1 rings (SSSR count). The third-order valence-corrected chi connectivity index (χ3v) is 1.97. The standard InChI is InChI=1S/C7H13B/c1-2-5-8-6-3-4-7-8/h2H,1,3-7H2. The highest BCUT2D eigenvalue weighted by atomic mass is 13.9. The summed E-state index contributed by atoms with van der Waals surface area (Å²) in [5, 5.41) is 0. The molecule has 0 aliphatic carbocycles. The fourth-order valence-corrected chi connectivity index (χ4v) is 1.48. The molecule has 1 aliphatic heterocycles. The molecule has 1 heteroatoms. The van der Waals surface area contributed by atoms with Gasteiger partial charge in [0.2, 0.25) is 0 Å². The van der Waals surface area contributed by atoms with E-state index in [4.69, 9.17) is 0 Å². The molecule has 1 heterocycles. The van der Waals surface area contributed by atoms with Crippen LogP contribution in [-0.4, -0.2) is 6.71 Å². The topological polar surface area (TPSA) is 0 Å². The van der Waals surface area contributed by atoms with Crippen molar-refractivity contribution in [2.75, 3.05) is 0 Å². The van der Waals surface area contributed by atoms with Crippen LogP contribution in [0.1, 0.15) is 12.8 Å². The van der Waals surface area contributed by atoms with Crippen LogP contribution in [0.3, 0.4) is 0 Å². The van der Waals surface area contributed by atoms with Crippen LogP contribution in [0.2, 0.25) is 19.0 Å². The zero-order valence-electron chi connectivity index (χ0n) is 5.40. The van der Waals surface area contributed by atoms with E-state index in [-0.39, 0.29) is 0 Å². The second kappa shape index (κ2) is 2.96. The Morgan fingerprint density at radius 1 is 1.38 bits per heavy atom. The predicted molar refractivity (Wildman–Crippen MR) is 39.6 cm³/mol. The molecule has 0 N–H and O–H groups in total. The Hall–Kier alpha value is -0.195. The lowest BCUT2D eigenvalue weighted by Crippen LogP contribution is -2.01. The van der Waals surface area contributed by atoms with E-state index in [1.54, 1.807) is 0 Å². The minimum atomic E-state index is 0.993. The van der Waals surface area contributed by atoms with Gasteiger partial charge in [-0.2, -0.15) is 0 Å². The van der Waals surface area contributed by atoms with E-state index in [0.29, 0.717) is 0 Å². The average molecular weight is 108 g/mol. The zero-order valence-corrected chi connectivity index (χ0v) is 5.40. The number of hydrogen-bond acceptors (Lipinski definition) is 0. The normalized spacial score (nSPS) is 19.2. The van der Waals surface area contributed by atoms with Crippen LogP contribution >= 0.6 is 0 Å². The highest BCUT2D eigenvalue weighted by molar-refractivity contribution is 6.60. The van der Waals surface area contributed by atoms with Gasteiger partial charge in [0.25, 0.3) is 0 Å². The highest BCUT2D eigenvalue weighted by Gasteiger charge is 2.16. The van der Waals surface area contributed by atoms with Gasteiger partial charge in [-0.05, 0) is 0 Å². The van der Waals surface area contributed by atoms with Gasteiger partial charge in [-0.1, -0.05) is 37.9 Å². The molecule has 0 aromatic heterocycles. The second-order valence-corrected chi connectivity index (χ2v) is 2.67. The molecule has 44 valence electrons. The van der Waals surface area contributed by atoms with Gasteiger partial charge in [0, 0.05) is 0 Å². The molecular formula is C7H13B. The Kier molecular flexibility index (Phi) is 2.19. The molecule has 8 heavy (non-hydrogen) atoms. The van der Waals surface area contributed by atoms with Crippen molar-refractivity contribution in [2.24, 2.45) is 0 Å². The summed E-state index contributed by atoms with van der Waals surface area (Å²) in [4.78, 5) is 0. The molecule has 0 aromatic rings. The van der Waals surface area contributed by atoms with E-state index in [9.17, 15) is 0 Å². The van der Waals surface area contributed by atoms with Crippen molar-refractivity contribution in [1.82, 2.24) is 0 Å². The Morgan fingerprint density at radius 3 is 2.50 bits per heavy atom. The van der Waals surface area contributed by atoms with Crippen LogP contribution in [0.15, 0.2) is 12.7 Å². The third kappa shape index (κ3) is 1.39. The van der Waals surface area contributed by atoms with E-state index >= 15 is 0 Å². The van der Waals surface area contributed by atoms with Crippen LogP contribution in [0.4, 0.5) is 0 Å². The van der Waals surface area contributed by atoms with Crippen LogP contribution in [0.5, 0.6) is 0 Å². The maximum Gasteiger partial charge on any atom is 0.143 e. The lowest BCUT2D eigenvalue weighted by Gasteiger charge is -1.95. The Morgan fingerprint density at radius 2 is 2.00 bits per heavy atom. The lowest BCUT2D eigenvalue weighted by atomic mass is 9.46. The summed E-state index contributed by atoms with van der Waals surface area (Å²) < 4.78 is 0. The maximum atomic E-state index is 3.72. The van der Waals surface area contributed by atoms with Crippen LogP contribution in [0.25, 0.3) is 0 Å². The van der Waals surface area contributed by atoms with Gasteiger partial charge in [-0.25, -0.2) is 0 Å². The number of rotatable bonds is 2. The molecule has 1 saturated heterocycles. The molecule has 0 radical (unpaired) electrons. The van der Waals surface area contributed by atoms with Gasteiger partial charge >= 0.3 is 0 Å². The molecule has 0 amide bonds. The summed E-state index contributed by atoms with van der Waals surface area (Å²) in [6, 6.07) is 0. The zero-order chi connectivity index (χ0) is 5.82. The summed E-state index contributed by atoms with van der Waals surface area (Å²) in [7, 11) is 0. The van der Waals surface area contributed by atoms with Gasteiger partial charge in [0.1, 0.15) is 6.71 Å². The van der Waals surface area contributed by atoms with Crippen molar-refractivity contribution in [3.05, 3.63) is 12.7 Å². The van der Waals surface area contributed by atoms with Crippen LogP contribution in [-0.2, 0) is 0 Å². The molecule has 1 aliphatic rings. The molecule has 0 nitrogen and oxygen atoms in total. The molecule has 1 fully saturated rings. The van der Waals surface area contributed by atoms with Crippen molar-refractivity contribution in [2.45, 2.75) is 31.8 Å². The smallest absolute Gasteiger partial charge is 0.104 e. The quantitative estimate of drug-likeness (QED) is 0.376. The van der Waals surface area contributed by atoms with Crippen molar-refractivity contribution in [1.29, 1.82) is 0 Å². The van der Waals surface area contributed by atoms with Crippen molar-refractivity contribution < 1.29 is 0 Å². The second-order valence-electron chi connectivity index (χ2n) is 2.67. The van der Waals surface area contributed by atoms with E-state index in [0.717, 1.165) is 6.71 Å². The maximum absolute atomic E-state index is 3.72. The first kappa shape index (κ1) is 5.93. The minimum Gasteiger partial charge on any atom is -0.104 e. The summed E-state index contributed by atoms with van der Waals surface area (Å²) >= 11 is 0. The minimum absolute atomic E-state index is 0.993. The molecule has 0 saturated carbocycles. The predicted octanol–water partition coefficient (Wildman–Crippen LogP) is 2.46. The monoisotopic (exact) mass is 108 g/mol. The SMILES string of the molecule is C=CCB1CCCC1. The van der Waals surface area contributed by atoms with Gasteiger partial charge < -0.3 is 0 Å². The first-order valence-corrected chi connectivity index (χ1v) is 3.54. The Balaban J connectivity index is 2.14. The molecule has 0 spiro atoms. The third-order valence-electron chi connectivity index (χ3n) is 1.97. The fraction of sp³-hybridized carbons (Fsp3) is 0.714. The first-order valence-electron chi connectivity index (χ1n) is 3.54. The fourth-order valence-electron chi connectivity index (χ4n) is 1.48. The largest absolute Gasteiger partial charge is 0.143 e. The van der Waals surface area contributed by atoms with Crippen molar-refractivity contribution >= 4 is 6.71 Å². The van der Waals surface area contributed by atoms with E-state index in [1.165, 1.54) is 31.8 Å². The molecular weight excluding hydrogens is 94.9 g/mol. The lowest BCUT2D eigenvalue weighted by molar-refractivity contribution is 0.935. The van der Waals surface area contributed by atoms with Crippen molar-refractivity contribution in [3.63, 3.8) is 0 Å². The van der Waals surface area contributed by atoms with Gasteiger partial charge in [0.15, 0.2) is 0 Å². The molecule has 0 unspecified atom stereocenters. The summed E-state index contributed by atoms with van der Waals surface area (Å²) in [6.45, 7) is 4.72. The van der Waals surface area contributed by atoms with Gasteiger partial charge in [-0.15, -0.1) is 6.58 Å². The van der Waals surface area contributed by atoms with E-state index in [1.807, 2.05) is 0 Å². The van der Waals surface area contributed by atoms with Crippen LogP contribution in [0, 0.1) is 0 Å². The Bertz CT molecular complexity index is 72.5. The number of hydrogen-bond donors (Lipinski definition) is 0. The van der Waals surface area contributed by atoms with E-state index in [2.05, 4.69) is 12.7 Å². The van der Waals surface area contributed by atoms with Crippen LogP contribution < -0.4 is 0 Å².